The third kappa shape index (κ3) is 1.72. The smallest absolute Gasteiger partial charge is 0.137 e. The van der Waals surface area contributed by atoms with E-state index in [1.165, 1.54) is 11.3 Å². The predicted molar refractivity (Wildman–Crippen MR) is 62.4 cm³/mol. The van der Waals surface area contributed by atoms with Crippen molar-refractivity contribution in [1.82, 2.24) is 0 Å². The Labute approximate surface area is 94.3 Å². The molecule has 0 unspecified atom stereocenters. The van der Waals surface area contributed by atoms with E-state index in [2.05, 4.69) is 15.9 Å². The highest BCUT2D eigenvalue weighted by Gasteiger charge is 2.07. The number of thiophene rings is 1. The van der Waals surface area contributed by atoms with Crippen LogP contribution >= 0.6 is 27.3 Å². The van der Waals surface area contributed by atoms with E-state index in [0.717, 1.165) is 13.9 Å². The minimum absolute atomic E-state index is 0.279. The predicted octanol–water partition coefficient (Wildman–Crippen LogP) is 3.77. The van der Waals surface area contributed by atoms with Gasteiger partial charge in [-0.05, 0) is 35.0 Å². The van der Waals surface area contributed by atoms with Crippen LogP contribution < -0.4 is 4.74 Å². The molecule has 0 aliphatic heterocycles. The van der Waals surface area contributed by atoms with Gasteiger partial charge in [0.1, 0.15) is 11.5 Å². The molecule has 14 heavy (non-hydrogen) atoms. The largest absolute Gasteiger partial charge is 0.506 e. The van der Waals surface area contributed by atoms with Crippen molar-refractivity contribution in [3.8, 4) is 11.5 Å². The lowest BCUT2D eigenvalue weighted by Crippen LogP contribution is -1.90. The van der Waals surface area contributed by atoms with Crippen molar-refractivity contribution in [2.45, 2.75) is 6.92 Å². The number of aromatic hydroxyl groups is 1. The first-order valence-corrected chi connectivity index (χ1v) is 5.86. The zero-order valence-electron chi connectivity index (χ0n) is 7.58. The Morgan fingerprint density at radius 1 is 1.43 bits per heavy atom. The van der Waals surface area contributed by atoms with E-state index in [0.29, 0.717) is 12.4 Å². The third-order valence-corrected chi connectivity index (χ3v) is 3.53. The van der Waals surface area contributed by atoms with Crippen LogP contribution in [0.1, 0.15) is 6.92 Å². The fraction of sp³-hybridized carbons (Fsp3) is 0.200. The first-order valence-electron chi connectivity index (χ1n) is 4.25. The number of phenolic OH excluding ortho intramolecular Hbond substituents is 1. The van der Waals surface area contributed by atoms with Crippen LogP contribution in [0.15, 0.2) is 22.0 Å². The Bertz CT molecular complexity index is 464. The topological polar surface area (TPSA) is 29.5 Å². The summed E-state index contributed by atoms with van der Waals surface area (Å²) < 4.78 is 7.23. The highest BCUT2D eigenvalue weighted by molar-refractivity contribution is 9.11. The van der Waals surface area contributed by atoms with Gasteiger partial charge in [-0.2, -0.15) is 0 Å². The van der Waals surface area contributed by atoms with Crippen LogP contribution in [0, 0.1) is 0 Å². The molecule has 74 valence electrons. The number of hydrogen-bond acceptors (Lipinski definition) is 3. The molecule has 0 atom stereocenters. The summed E-state index contributed by atoms with van der Waals surface area (Å²) in [4.78, 5) is 0. The number of hydrogen-bond donors (Lipinski definition) is 1. The molecule has 0 saturated carbocycles. The first kappa shape index (κ1) is 9.80. The molecule has 0 amide bonds. The van der Waals surface area contributed by atoms with Gasteiger partial charge in [0.2, 0.25) is 0 Å². The van der Waals surface area contributed by atoms with Gasteiger partial charge in [-0.3, -0.25) is 0 Å². The molecule has 0 bridgehead atoms. The lowest BCUT2D eigenvalue weighted by Gasteiger charge is -2.03. The van der Waals surface area contributed by atoms with Gasteiger partial charge >= 0.3 is 0 Å². The summed E-state index contributed by atoms with van der Waals surface area (Å²) in [5.41, 5.74) is 0. The van der Waals surface area contributed by atoms with Crippen LogP contribution in [-0.4, -0.2) is 11.7 Å². The zero-order valence-corrected chi connectivity index (χ0v) is 9.98. The second kappa shape index (κ2) is 3.79. The lowest BCUT2D eigenvalue weighted by molar-refractivity contribution is 0.338. The molecular weight excluding hydrogens is 264 g/mol. The Balaban J connectivity index is 2.59. The van der Waals surface area contributed by atoms with Gasteiger partial charge in [0, 0.05) is 11.5 Å². The van der Waals surface area contributed by atoms with Gasteiger partial charge in [-0.15, -0.1) is 11.3 Å². The number of phenols is 1. The molecule has 1 heterocycles. The van der Waals surface area contributed by atoms with Gasteiger partial charge in [0.15, 0.2) is 0 Å². The summed E-state index contributed by atoms with van der Waals surface area (Å²) in [6.45, 7) is 2.53. The number of fused-ring (bicyclic) bond motifs is 1. The van der Waals surface area contributed by atoms with Crippen LogP contribution in [0.3, 0.4) is 0 Å². The molecule has 1 aromatic carbocycles. The summed E-state index contributed by atoms with van der Waals surface area (Å²) in [5.74, 6) is 0.990. The molecule has 1 N–H and O–H groups in total. The van der Waals surface area contributed by atoms with E-state index < -0.39 is 0 Å². The van der Waals surface area contributed by atoms with Crippen molar-refractivity contribution < 1.29 is 9.84 Å². The van der Waals surface area contributed by atoms with Crippen LogP contribution in [-0.2, 0) is 0 Å². The number of benzene rings is 1. The summed E-state index contributed by atoms with van der Waals surface area (Å²) >= 11 is 4.91. The van der Waals surface area contributed by atoms with E-state index in [1.807, 2.05) is 19.1 Å². The van der Waals surface area contributed by atoms with E-state index in [-0.39, 0.29) is 5.75 Å². The van der Waals surface area contributed by atoms with Crippen LogP contribution in [0.5, 0.6) is 11.5 Å². The Morgan fingerprint density at radius 2 is 2.21 bits per heavy atom. The standard InChI is InChI=1S/C10H9BrO2S/c1-2-13-7-3-6-4-9(11)14-10(6)8(12)5-7/h3-5,12H,2H2,1H3. The van der Waals surface area contributed by atoms with Crippen LogP contribution in [0.25, 0.3) is 10.1 Å². The minimum atomic E-state index is 0.279. The second-order valence-electron chi connectivity index (χ2n) is 2.84. The fourth-order valence-electron chi connectivity index (χ4n) is 1.33. The highest BCUT2D eigenvalue weighted by atomic mass is 79.9. The SMILES string of the molecule is CCOc1cc(O)c2sc(Br)cc2c1. The van der Waals surface area contributed by atoms with Crippen molar-refractivity contribution >= 4 is 37.4 Å². The Kier molecular flexibility index (Phi) is 2.65. The molecular formula is C10H9BrO2S. The van der Waals surface area contributed by atoms with Gasteiger partial charge in [-0.25, -0.2) is 0 Å². The summed E-state index contributed by atoms with van der Waals surface area (Å²) in [6.07, 6.45) is 0. The number of ether oxygens (including phenoxy) is 1. The molecule has 1 aromatic heterocycles. The Morgan fingerprint density at radius 3 is 2.93 bits per heavy atom. The van der Waals surface area contributed by atoms with Crippen LogP contribution in [0.2, 0.25) is 0 Å². The second-order valence-corrected chi connectivity index (χ2v) is 5.28. The molecule has 4 heteroatoms. The first-order chi connectivity index (χ1) is 6.70. The summed E-state index contributed by atoms with van der Waals surface area (Å²) in [6, 6.07) is 5.55. The van der Waals surface area contributed by atoms with Crippen molar-refractivity contribution in [2.75, 3.05) is 6.61 Å². The molecule has 2 rings (SSSR count). The number of rotatable bonds is 2. The summed E-state index contributed by atoms with van der Waals surface area (Å²) in [7, 11) is 0. The quantitative estimate of drug-likeness (QED) is 0.902. The maximum absolute atomic E-state index is 9.70. The molecule has 0 aliphatic rings. The fourth-order valence-corrected chi connectivity index (χ4v) is 2.84. The Hall–Kier alpha value is -0.740. The van der Waals surface area contributed by atoms with E-state index >= 15 is 0 Å². The van der Waals surface area contributed by atoms with Crippen molar-refractivity contribution in [2.24, 2.45) is 0 Å². The minimum Gasteiger partial charge on any atom is -0.506 e. The van der Waals surface area contributed by atoms with Gasteiger partial charge in [0.05, 0.1) is 15.1 Å². The third-order valence-electron chi connectivity index (χ3n) is 1.85. The van der Waals surface area contributed by atoms with E-state index in [9.17, 15) is 5.11 Å². The van der Waals surface area contributed by atoms with Gasteiger partial charge < -0.3 is 9.84 Å². The molecule has 0 fully saturated rings. The molecule has 0 radical (unpaired) electrons. The average molecular weight is 273 g/mol. The molecule has 0 saturated heterocycles. The average Bonchev–Trinajstić information content (AvgIpc) is 2.47. The van der Waals surface area contributed by atoms with Gasteiger partial charge in [-0.1, -0.05) is 0 Å². The number of halogens is 1. The molecule has 2 aromatic rings. The monoisotopic (exact) mass is 272 g/mol. The van der Waals surface area contributed by atoms with Crippen molar-refractivity contribution in [3.05, 3.63) is 22.0 Å². The summed E-state index contributed by atoms with van der Waals surface area (Å²) in [5, 5.41) is 10.7. The lowest BCUT2D eigenvalue weighted by atomic mass is 10.2. The van der Waals surface area contributed by atoms with Crippen LogP contribution in [0.4, 0.5) is 0 Å². The maximum atomic E-state index is 9.70. The molecule has 2 nitrogen and oxygen atoms in total. The van der Waals surface area contributed by atoms with Gasteiger partial charge in [0.25, 0.3) is 0 Å². The van der Waals surface area contributed by atoms with E-state index in [1.54, 1.807) is 6.07 Å². The molecule has 0 spiro atoms. The van der Waals surface area contributed by atoms with Crippen molar-refractivity contribution in [3.63, 3.8) is 0 Å². The van der Waals surface area contributed by atoms with E-state index in [4.69, 9.17) is 4.74 Å². The highest BCUT2D eigenvalue weighted by Crippen LogP contribution is 2.38. The van der Waals surface area contributed by atoms with Crippen molar-refractivity contribution in [1.29, 1.82) is 0 Å². The normalized spacial score (nSPS) is 10.7. The molecule has 0 aliphatic carbocycles. The maximum Gasteiger partial charge on any atom is 0.137 e. The zero-order chi connectivity index (χ0) is 10.1.